The van der Waals surface area contributed by atoms with Gasteiger partial charge in [0.2, 0.25) is 5.91 Å². The topological polar surface area (TPSA) is 75.7 Å². The van der Waals surface area contributed by atoms with E-state index in [0.717, 1.165) is 4.90 Å². The molecule has 2 rings (SSSR count). The molecule has 0 aliphatic carbocycles. The Labute approximate surface area is 120 Å². The number of piperazine rings is 1. The number of hydrogen-bond acceptors (Lipinski definition) is 4. The number of halogens is 1. The highest BCUT2D eigenvalue weighted by Gasteiger charge is 2.43. The molecule has 7 heteroatoms. The predicted molar refractivity (Wildman–Crippen MR) is 70.8 cm³/mol. The van der Waals surface area contributed by atoms with Crippen LogP contribution in [0.25, 0.3) is 0 Å². The van der Waals surface area contributed by atoms with Gasteiger partial charge in [0, 0.05) is 0 Å². The Hall–Kier alpha value is -2.44. The van der Waals surface area contributed by atoms with E-state index >= 15 is 0 Å². The molecule has 6 nitrogen and oxygen atoms in total. The monoisotopic (exact) mass is 294 g/mol. The Morgan fingerprint density at radius 3 is 2.57 bits per heavy atom. The summed E-state index contributed by atoms with van der Waals surface area (Å²) in [5.74, 6) is -1.64. The van der Waals surface area contributed by atoms with Crippen molar-refractivity contribution in [2.24, 2.45) is 0 Å². The van der Waals surface area contributed by atoms with Crippen molar-refractivity contribution in [2.75, 3.05) is 13.2 Å². The average molecular weight is 294 g/mol. The van der Waals surface area contributed by atoms with Crippen molar-refractivity contribution >= 4 is 17.7 Å². The summed E-state index contributed by atoms with van der Waals surface area (Å²) in [5, 5.41) is 2.18. The molecule has 1 aromatic carbocycles. The molecule has 1 aliphatic rings. The third kappa shape index (κ3) is 3.18. The molecule has 3 amide bonds. The number of ether oxygens (including phenoxy) is 1. The zero-order valence-electron chi connectivity index (χ0n) is 11.7. The number of amides is 3. The van der Waals surface area contributed by atoms with E-state index < -0.39 is 29.1 Å². The molecule has 1 N–H and O–H groups in total. The fraction of sp³-hybridized carbons (Fsp3) is 0.357. The molecule has 112 valence electrons. The van der Waals surface area contributed by atoms with E-state index in [1.54, 1.807) is 13.8 Å². The van der Waals surface area contributed by atoms with Crippen molar-refractivity contribution in [3.05, 3.63) is 30.1 Å². The Morgan fingerprint density at radius 1 is 1.33 bits per heavy atom. The second-order valence-electron chi connectivity index (χ2n) is 5.16. The van der Waals surface area contributed by atoms with Gasteiger partial charge in [0.25, 0.3) is 11.8 Å². The third-order valence-electron chi connectivity index (χ3n) is 3.26. The summed E-state index contributed by atoms with van der Waals surface area (Å²) in [4.78, 5) is 36.4. The van der Waals surface area contributed by atoms with Gasteiger partial charge in [-0.3, -0.25) is 19.7 Å². The first-order valence-electron chi connectivity index (χ1n) is 6.34. The van der Waals surface area contributed by atoms with Crippen LogP contribution >= 0.6 is 0 Å². The van der Waals surface area contributed by atoms with Crippen LogP contribution in [0.3, 0.4) is 0 Å². The fourth-order valence-corrected chi connectivity index (χ4v) is 1.94. The number of benzene rings is 1. The van der Waals surface area contributed by atoms with Gasteiger partial charge >= 0.3 is 0 Å². The van der Waals surface area contributed by atoms with Gasteiger partial charge in [0.05, 0.1) is 0 Å². The number of hydrogen-bond donors (Lipinski definition) is 1. The van der Waals surface area contributed by atoms with Crippen LogP contribution in [-0.2, 0) is 14.4 Å². The van der Waals surface area contributed by atoms with E-state index in [0.29, 0.717) is 5.75 Å². The maximum absolute atomic E-state index is 12.8. The quantitative estimate of drug-likeness (QED) is 0.822. The van der Waals surface area contributed by atoms with Gasteiger partial charge in [0.15, 0.2) is 6.61 Å². The van der Waals surface area contributed by atoms with Gasteiger partial charge in [0.1, 0.15) is 23.7 Å². The molecule has 1 heterocycles. The Morgan fingerprint density at radius 2 is 1.95 bits per heavy atom. The first-order valence-corrected chi connectivity index (χ1v) is 6.34. The predicted octanol–water partition coefficient (Wildman–Crippen LogP) is 0.468. The third-order valence-corrected chi connectivity index (χ3v) is 3.26. The number of nitrogens with one attached hydrogen (secondary N) is 1. The van der Waals surface area contributed by atoms with Gasteiger partial charge in [-0.15, -0.1) is 0 Å². The van der Waals surface area contributed by atoms with E-state index in [9.17, 15) is 18.8 Å². The first kappa shape index (κ1) is 15.0. The highest BCUT2D eigenvalue weighted by atomic mass is 19.1. The number of rotatable bonds is 3. The van der Waals surface area contributed by atoms with Crippen LogP contribution in [0.15, 0.2) is 24.3 Å². The Bertz CT molecular complexity index is 583. The van der Waals surface area contributed by atoms with Crippen molar-refractivity contribution in [1.29, 1.82) is 0 Å². The average Bonchev–Trinajstić information content (AvgIpc) is 2.42. The summed E-state index contributed by atoms with van der Waals surface area (Å²) < 4.78 is 18.0. The summed E-state index contributed by atoms with van der Waals surface area (Å²) in [7, 11) is 0. The zero-order chi connectivity index (χ0) is 15.6. The molecule has 21 heavy (non-hydrogen) atoms. The summed E-state index contributed by atoms with van der Waals surface area (Å²) in [6, 6.07) is 5.20. The van der Waals surface area contributed by atoms with E-state index in [1.165, 1.54) is 24.3 Å². The lowest BCUT2D eigenvalue weighted by Crippen LogP contribution is -2.66. The molecule has 0 aromatic heterocycles. The van der Waals surface area contributed by atoms with Crippen LogP contribution < -0.4 is 10.1 Å². The molecule has 0 atom stereocenters. The maximum Gasteiger partial charge on any atom is 0.261 e. The van der Waals surface area contributed by atoms with E-state index in [-0.39, 0.29) is 13.2 Å². The molecule has 1 saturated heterocycles. The van der Waals surface area contributed by atoms with E-state index in [1.807, 2.05) is 0 Å². The molecule has 0 spiro atoms. The van der Waals surface area contributed by atoms with Gasteiger partial charge in [-0.25, -0.2) is 4.39 Å². The second-order valence-corrected chi connectivity index (χ2v) is 5.16. The van der Waals surface area contributed by atoms with Crippen molar-refractivity contribution in [3.63, 3.8) is 0 Å². The largest absolute Gasteiger partial charge is 0.484 e. The maximum atomic E-state index is 12.8. The van der Waals surface area contributed by atoms with Gasteiger partial charge in [-0.05, 0) is 38.1 Å². The molecular weight excluding hydrogens is 279 g/mol. The van der Waals surface area contributed by atoms with Gasteiger partial charge in [-0.1, -0.05) is 0 Å². The van der Waals surface area contributed by atoms with E-state index in [2.05, 4.69) is 5.32 Å². The summed E-state index contributed by atoms with van der Waals surface area (Å²) in [5.41, 5.74) is -1.13. The molecule has 1 aromatic rings. The minimum Gasteiger partial charge on any atom is -0.484 e. The fourth-order valence-electron chi connectivity index (χ4n) is 1.94. The van der Waals surface area contributed by atoms with Crippen molar-refractivity contribution in [2.45, 2.75) is 19.4 Å². The standard InChI is InChI=1S/C14H15FN2O4/c1-14(2)13(20)16-11(18)7-17(14)12(19)8-21-10-5-3-9(15)4-6-10/h3-6H,7-8H2,1-2H3,(H,16,18,20). The van der Waals surface area contributed by atoms with Crippen molar-refractivity contribution in [3.8, 4) is 5.75 Å². The lowest BCUT2D eigenvalue weighted by molar-refractivity contribution is -0.156. The second kappa shape index (κ2) is 5.51. The molecular formula is C14H15FN2O4. The molecule has 0 saturated carbocycles. The number of carbonyl (C=O) groups is 3. The summed E-state index contributed by atoms with van der Waals surface area (Å²) >= 11 is 0. The number of carbonyl (C=O) groups excluding carboxylic acids is 3. The van der Waals surface area contributed by atoms with Gasteiger partial charge in [-0.2, -0.15) is 0 Å². The SMILES string of the molecule is CC1(C)C(=O)NC(=O)CN1C(=O)COc1ccc(F)cc1. The normalized spacial score (nSPS) is 17.4. The molecule has 1 aliphatic heterocycles. The summed E-state index contributed by atoms with van der Waals surface area (Å²) in [6.45, 7) is 2.55. The zero-order valence-corrected chi connectivity index (χ0v) is 11.7. The highest BCUT2D eigenvalue weighted by molar-refractivity contribution is 6.06. The van der Waals surface area contributed by atoms with E-state index in [4.69, 9.17) is 4.74 Å². The number of imide groups is 1. The smallest absolute Gasteiger partial charge is 0.261 e. The van der Waals surface area contributed by atoms with Crippen molar-refractivity contribution < 1.29 is 23.5 Å². The minimum absolute atomic E-state index is 0.204. The van der Waals surface area contributed by atoms with Crippen LogP contribution in [0, 0.1) is 5.82 Å². The minimum atomic E-state index is -1.13. The van der Waals surface area contributed by atoms with Crippen LogP contribution in [0.1, 0.15) is 13.8 Å². The Kier molecular flexibility index (Phi) is 3.93. The van der Waals surface area contributed by atoms with Gasteiger partial charge < -0.3 is 9.64 Å². The van der Waals surface area contributed by atoms with Crippen molar-refractivity contribution in [1.82, 2.24) is 10.2 Å². The molecule has 0 unspecified atom stereocenters. The van der Waals surface area contributed by atoms with Crippen LogP contribution in [0.4, 0.5) is 4.39 Å². The Balaban J connectivity index is 2.03. The molecule has 0 radical (unpaired) electrons. The van der Waals surface area contributed by atoms with Crippen LogP contribution in [0.2, 0.25) is 0 Å². The number of nitrogens with zero attached hydrogens (tertiary/aromatic N) is 1. The summed E-state index contributed by atoms with van der Waals surface area (Å²) in [6.07, 6.45) is 0. The van der Waals surface area contributed by atoms with Crippen LogP contribution in [-0.4, -0.2) is 41.3 Å². The van der Waals surface area contributed by atoms with Crippen LogP contribution in [0.5, 0.6) is 5.75 Å². The highest BCUT2D eigenvalue weighted by Crippen LogP contribution is 2.19. The molecule has 0 bridgehead atoms. The first-order chi connectivity index (χ1) is 9.80. The molecule has 1 fully saturated rings. The lowest BCUT2D eigenvalue weighted by atomic mass is 9.98. The lowest BCUT2D eigenvalue weighted by Gasteiger charge is -2.39.